The minimum absolute atomic E-state index is 0.0838. The number of nitrogens with zero attached hydrogens (tertiary/aromatic N) is 2. The zero-order valence-electron chi connectivity index (χ0n) is 16.3. The molecule has 2 aromatic rings. The van der Waals surface area contributed by atoms with E-state index in [4.69, 9.17) is 10.3 Å². The fourth-order valence-electron chi connectivity index (χ4n) is 2.35. The molecule has 0 atom stereocenters. The highest BCUT2D eigenvalue weighted by Gasteiger charge is 2.23. The molecule has 16 heteroatoms. The number of nitrogens with two attached hydrogens (primary N) is 1. The Labute approximate surface area is 183 Å². The number of hydrogen-bond donors (Lipinski definition) is 4. The van der Waals surface area contributed by atoms with Gasteiger partial charge in [0.1, 0.15) is 16.3 Å². The Hall–Kier alpha value is -2.92. The summed E-state index contributed by atoms with van der Waals surface area (Å²) in [7, 11) is -13.9. The standard InChI is InChI=1S/C16H18N4O9S3/c1-10(21)18-15-8-11(17)2-4-13(15)19-20-14-5-3-12(9-16(14)32(27,28)29)30(22,23)6-7-31(24,25)26/h2-5,8-9H,6-7,17H2,1H3,(H,18,21)(H,24,25,26)(H,27,28,29). The van der Waals surface area contributed by atoms with Gasteiger partial charge in [0.25, 0.3) is 20.2 Å². The lowest BCUT2D eigenvalue weighted by Gasteiger charge is -2.08. The first-order valence-corrected chi connectivity index (χ1v) is 13.2. The van der Waals surface area contributed by atoms with Crippen molar-refractivity contribution in [3.8, 4) is 0 Å². The highest BCUT2D eigenvalue weighted by atomic mass is 32.2. The third-order valence-electron chi connectivity index (χ3n) is 3.78. The average Bonchev–Trinajstić information content (AvgIpc) is 2.64. The lowest BCUT2D eigenvalue weighted by atomic mass is 10.2. The van der Waals surface area contributed by atoms with Crippen LogP contribution in [0.1, 0.15) is 6.92 Å². The molecule has 0 aliphatic carbocycles. The van der Waals surface area contributed by atoms with Gasteiger partial charge in [-0.15, -0.1) is 10.2 Å². The lowest BCUT2D eigenvalue weighted by molar-refractivity contribution is -0.114. The zero-order chi connectivity index (χ0) is 24.3. The summed E-state index contributed by atoms with van der Waals surface area (Å²) in [5.74, 6) is -2.57. The molecule has 2 aromatic carbocycles. The van der Waals surface area contributed by atoms with E-state index in [2.05, 4.69) is 15.5 Å². The molecule has 174 valence electrons. The molecule has 0 unspecified atom stereocenters. The monoisotopic (exact) mass is 506 g/mol. The van der Waals surface area contributed by atoms with Gasteiger partial charge in [-0.2, -0.15) is 16.8 Å². The number of carbonyl (C=O) groups excluding carboxylic acids is 1. The average molecular weight is 507 g/mol. The summed E-state index contributed by atoms with van der Waals surface area (Å²) >= 11 is 0. The van der Waals surface area contributed by atoms with E-state index in [0.717, 1.165) is 12.1 Å². The Balaban J connectivity index is 2.52. The van der Waals surface area contributed by atoms with Crippen molar-refractivity contribution in [2.24, 2.45) is 10.2 Å². The van der Waals surface area contributed by atoms with Crippen molar-refractivity contribution in [1.29, 1.82) is 0 Å². The summed E-state index contributed by atoms with van der Waals surface area (Å²) in [4.78, 5) is 9.80. The third-order valence-corrected chi connectivity index (χ3v) is 7.35. The maximum Gasteiger partial charge on any atom is 0.296 e. The second-order valence-electron chi connectivity index (χ2n) is 6.37. The summed E-state index contributed by atoms with van der Waals surface area (Å²) in [6.07, 6.45) is 0. The molecule has 1 amide bonds. The Kier molecular flexibility index (Phi) is 7.36. The maximum absolute atomic E-state index is 12.3. The molecule has 0 saturated carbocycles. The molecule has 2 rings (SSSR count). The van der Waals surface area contributed by atoms with Crippen LogP contribution in [-0.2, 0) is 34.9 Å². The molecule has 13 nitrogen and oxygen atoms in total. The first-order valence-electron chi connectivity index (χ1n) is 8.47. The zero-order valence-corrected chi connectivity index (χ0v) is 18.8. The molecule has 5 N–H and O–H groups in total. The van der Waals surface area contributed by atoms with Crippen LogP contribution in [0.5, 0.6) is 0 Å². The van der Waals surface area contributed by atoms with Crippen molar-refractivity contribution in [2.75, 3.05) is 22.6 Å². The number of anilines is 2. The third kappa shape index (κ3) is 7.06. The smallest absolute Gasteiger partial charge is 0.296 e. The Morgan fingerprint density at radius 2 is 1.53 bits per heavy atom. The molecule has 32 heavy (non-hydrogen) atoms. The van der Waals surface area contributed by atoms with Crippen molar-refractivity contribution in [2.45, 2.75) is 16.7 Å². The molecule has 0 aromatic heterocycles. The van der Waals surface area contributed by atoms with Crippen LogP contribution in [0, 0.1) is 0 Å². The Bertz CT molecular complexity index is 1400. The van der Waals surface area contributed by atoms with Crippen molar-refractivity contribution >= 4 is 58.7 Å². The molecular weight excluding hydrogens is 488 g/mol. The van der Waals surface area contributed by atoms with Crippen LogP contribution in [0.15, 0.2) is 56.4 Å². The van der Waals surface area contributed by atoms with E-state index in [9.17, 15) is 34.6 Å². The molecule has 0 aliphatic rings. The van der Waals surface area contributed by atoms with Crippen LogP contribution in [0.25, 0.3) is 0 Å². The van der Waals surface area contributed by atoms with Gasteiger partial charge in [-0.1, -0.05) is 0 Å². The fraction of sp³-hybridized carbons (Fsp3) is 0.188. The van der Waals surface area contributed by atoms with Gasteiger partial charge in [-0.3, -0.25) is 13.9 Å². The molecule has 0 radical (unpaired) electrons. The number of rotatable bonds is 8. The number of hydrogen-bond acceptors (Lipinski definition) is 10. The molecular formula is C16H18N4O9S3. The Morgan fingerprint density at radius 1 is 0.938 bits per heavy atom. The summed E-state index contributed by atoms with van der Waals surface area (Å²) in [6.45, 7) is 1.24. The van der Waals surface area contributed by atoms with Gasteiger partial charge < -0.3 is 11.1 Å². The van der Waals surface area contributed by atoms with Gasteiger partial charge in [0, 0.05) is 12.6 Å². The van der Waals surface area contributed by atoms with E-state index < -0.39 is 63.0 Å². The molecule has 0 bridgehead atoms. The van der Waals surface area contributed by atoms with Crippen LogP contribution in [0.2, 0.25) is 0 Å². The minimum atomic E-state index is -4.98. The van der Waals surface area contributed by atoms with Gasteiger partial charge in [0.05, 0.1) is 22.1 Å². The SMILES string of the molecule is CC(=O)Nc1cc(N)ccc1N=Nc1ccc(S(=O)(=O)CCS(=O)(=O)O)cc1S(=O)(=O)O. The number of azo groups is 1. The van der Waals surface area contributed by atoms with Crippen molar-refractivity contribution in [1.82, 2.24) is 0 Å². The number of nitrogens with one attached hydrogen (secondary N) is 1. The second-order valence-corrected chi connectivity index (χ2v) is 11.4. The molecule has 0 aliphatic heterocycles. The highest BCUT2D eigenvalue weighted by Crippen LogP contribution is 2.32. The van der Waals surface area contributed by atoms with E-state index in [1.807, 2.05) is 0 Å². The van der Waals surface area contributed by atoms with Crippen molar-refractivity contribution in [3.63, 3.8) is 0 Å². The van der Waals surface area contributed by atoms with Crippen LogP contribution in [0.3, 0.4) is 0 Å². The first kappa shape index (κ1) is 25.3. The van der Waals surface area contributed by atoms with Crippen LogP contribution in [-0.4, -0.2) is 51.8 Å². The normalized spacial score (nSPS) is 12.7. The van der Waals surface area contributed by atoms with Gasteiger partial charge in [0.2, 0.25) is 5.91 Å². The summed E-state index contributed by atoms with van der Waals surface area (Å²) in [6, 6.07) is 6.65. The molecule has 0 heterocycles. The van der Waals surface area contributed by atoms with E-state index in [-0.39, 0.29) is 11.4 Å². The second kappa shape index (κ2) is 9.29. The van der Waals surface area contributed by atoms with Crippen LogP contribution in [0.4, 0.5) is 22.7 Å². The topological polar surface area (TPSA) is 223 Å². The predicted octanol–water partition coefficient (Wildman–Crippen LogP) is 1.55. The van der Waals surface area contributed by atoms with Crippen molar-refractivity contribution in [3.05, 3.63) is 36.4 Å². The van der Waals surface area contributed by atoms with E-state index in [1.54, 1.807) is 0 Å². The van der Waals surface area contributed by atoms with E-state index in [1.165, 1.54) is 25.1 Å². The van der Waals surface area contributed by atoms with Crippen LogP contribution < -0.4 is 11.1 Å². The number of amides is 1. The lowest BCUT2D eigenvalue weighted by Crippen LogP contribution is -2.17. The Morgan fingerprint density at radius 3 is 2.09 bits per heavy atom. The van der Waals surface area contributed by atoms with Gasteiger partial charge in [-0.25, -0.2) is 8.42 Å². The van der Waals surface area contributed by atoms with Gasteiger partial charge in [0.15, 0.2) is 9.84 Å². The summed E-state index contributed by atoms with van der Waals surface area (Å²) in [5, 5.41) is 10.00. The molecule has 0 fully saturated rings. The number of nitrogen functional groups attached to an aromatic ring is 1. The number of carbonyl (C=O) groups is 1. The largest absolute Gasteiger partial charge is 0.399 e. The summed E-state index contributed by atoms with van der Waals surface area (Å²) < 4.78 is 87.9. The van der Waals surface area contributed by atoms with Gasteiger partial charge in [-0.05, 0) is 36.4 Å². The maximum atomic E-state index is 12.3. The van der Waals surface area contributed by atoms with Crippen molar-refractivity contribution < 1.29 is 39.2 Å². The summed E-state index contributed by atoms with van der Waals surface area (Å²) in [5.41, 5.74) is 5.76. The number of benzene rings is 2. The quantitative estimate of drug-likeness (QED) is 0.229. The van der Waals surface area contributed by atoms with Gasteiger partial charge >= 0.3 is 0 Å². The fourth-order valence-corrected chi connectivity index (χ4v) is 5.60. The predicted molar refractivity (Wildman–Crippen MR) is 114 cm³/mol. The first-order chi connectivity index (χ1) is 14.6. The highest BCUT2D eigenvalue weighted by molar-refractivity contribution is 7.93. The molecule has 0 saturated heterocycles. The van der Waals surface area contributed by atoms with E-state index >= 15 is 0 Å². The molecule has 0 spiro atoms. The van der Waals surface area contributed by atoms with Crippen LogP contribution >= 0.6 is 0 Å². The number of sulfone groups is 1. The van der Waals surface area contributed by atoms with E-state index in [0.29, 0.717) is 11.8 Å². The minimum Gasteiger partial charge on any atom is -0.399 e.